The maximum Gasteiger partial charge on any atom is 0.243 e. The summed E-state index contributed by atoms with van der Waals surface area (Å²) in [6.07, 6.45) is 1.19. The molecule has 1 N–H and O–H groups in total. The van der Waals surface area contributed by atoms with Gasteiger partial charge in [-0.25, -0.2) is 0 Å². The molecule has 184 valence electrons. The van der Waals surface area contributed by atoms with Crippen molar-refractivity contribution >= 4 is 58.2 Å². The Balaban J connectivity index is 1.99. The van der Waals surface area contributed by atoms with Crippen molar-refractivity contribution in [3.63, 3.8) is 0 Å². The van der Waals surface area contributed by atoms with Crippen molar-refractivity contribution in [2.75, 3.05) is 6.54 Å². The van der Waals surface area contributed by atoms with E-state index in [0.29, 0.717) is 44.2 Å². The fraction of sp³-hybridized carbons (Fsp3) is 0.259. The molecule has 0 saturated carbocycles. The van der Waals surface area contributed by atoms with Crippen LogP contribution in [0.25, 0.3) is 0 Å². The summed E-state index contributed by atoms with van der Waals surface area (Å²) in [4.78, 5) is 28.6. The van der Waals surface area contributed by atoms with Gasteiger partial charge in [0.1, 0.15) is 6.04 Å². The molecule has 0 aromatic heterocycles. The number of hydrogen-bond donors (Lipinski definition) is 1. The molecule has 8 heteroatoms. The standard InChI is InChI=1S/C27H26Cl4N2O2/c1-2-12-32-27(35)25(14-18-6-4-3-5-7-18)33(17-20-9-10-21(28)16-23(20)30)26(34)15-19-8-11-22(29)24(31)13-19/h3-11,13,16,25H,2,12,14-15,17H2,1H3,(H,32,35)/t25-/m1/s1. The Labute approximate surface area is 226 Å². The number of nitrogens with one attached hydrogen (secondary N) is 1. The monoisotopic (exact) mass is 550 g/mol. The molecule has 3 aromatic carbocycles. The Kier molecular flexibility index (Phi) is 10.3. The molecule has 0 heterocycles. The van der Waals surface area contributed by atoms with Crippen LogP contribution in [0.4, 0.5) is 0 Å². The number of rotatable bonds is 10. The first-order valence-corrected chi connectivity index (χ1v) is 12.8. The molecule has 0 unspecified atom stereocenters. The molecule has 0 spiro atoms. The summed E-state index contributed by atoms with van der Waals surface area (Å²) in [5.74, 6) is -0.453. The van der Waals surface area contributed by atoms with Gasteiger partial charge >= 0.3 is 0 Å². The summed E-state index contributed by atoms with van der Waals surface area (Å²) in [6, 6.07) is 19.1. The van der Waals surface area contributed by atoms with Gasteiger partial charge in [-0.05, 0) is 47.4 Å². The lowest BCUT2D eigenvalue weighted by Crippen LogP contribution is -2.51. The first-order valence-electron chi connectivity index (χ1n) is 11.3. The van der Waals surface area contributed by atoms with Crippen LogP contribution < -0.4 is 5.32 Å². The first kappa shape index (κ1) is 27.3. The van der Waals surface area contributed by atoms with E-state index < -0.39 is 6.04 Å². The van der Waals surface area contributed by atoms with Crippen LogP contribution in [0.1, 0.15) is 30.0 Å². The van der Waals surface area contributed by atoms with Crippen molar-refractivity contribution in [3.8, 4) is 0 Å². The molecule has 0 aliphatic rings. The fourth-order valence-electron chi connectivity index (χ4n) is 3.68. The molecule has 2 amide bonds. The zero-order valence-electron chi connectivity index (χ0n) is 19.2. The van der Waals surface area contributed by atoms with Gasteiger partial charge in [-0.1, -0.05) is 95.8 Å². The fourth-order valence-corrected chi connectivity index (χ4v) is 4.47. The highest BCUT2D eigenvalue weighted by Crippen LogP contribution is 2.26. The third-order valence-electron chi connectivity index (χ3n) is 5.52. The highest BCUT2D eigenvalue weighted by molar-refractivity contribution is 6.42. The lowest BCUT2D eigenvalue weighted by molar-refractivity contribution is -0.140. The summed E-state index contributed by atoms with van der Waals surface area (Å²) in [7, 11) is 0. The number of halogens is 4. The summed E-state index contributed by atoms with van der Waals surface area (Å²) in [6.45, 7) is 2.64. The second-order valence-corrected chi connectivity index (χ2v) is 9.84. The Morgan fingerprint density at radius 3 is 2.26 bits per heavy atom. The van der Waals surface area contributed by atoms with E-state index in [1.165, 1.54) is 0 Å². The molecule has 0 aliphatic carbocycles. The third kappa shape index (κ3) is 7.88. The minimum absolute atomic E-state index is 0.0500. The van der Waals surface area contributed by atoms with Gasteiger partial charge in [0.15, 0.2) is 0 Å². The van der Waals surface area contributed by atoms with Crippen molar-refractivity contribution in [2.45, 2.75) is 38.8 Å². The van der Waals surface area contributed by atoms with Gasteiger partial charge in [0.25, 0.3) is 0 Å². The predicted octanol–water partition coefficient (Wildman–Crippen LogP) is 7.01. The second kappa shape index (κ2) is 13.2. The summed E-state index contributed by atoms with van der Waals surface area (Å²) in [5, 5.41) is 4.65. The average Bonchev–Trinajstić information content (AvgIpc) is 2.84. The van der Waals surface area contributed by atoms with Crippen LogP contribution >= 0.6 is 46.4 Å². The van der Waals surface area contributed by atoms with E-state index in [2.05, 4.69) is 5.32 Å². The van der Waals surface area contributed by atoms with Crippen LogP contribution in [-0.4, -0.2) is 29.3 Å². The lowest BCUT2D eigenvalue weighted by Gasteiger charge is -2.32. The minimum atomic E-state index is -0.744. The molecule has 1 atom stereocenters. The van der Waals surface area contributed by atoms with Gasteiger partial charge in [-0.2, -0.15) is 0 Å². The van der Waals surface area contributed by atoms with Gasteiger partial charge in [0.2, 0.25) is 11.8 Å². The molecule has 0 bridgehead atoms. The van der Waals surface area contributed by atoms with Crippen molar-refractivity contribution < 1.29 is 9.59 Å². The zero-order valence-corrected chi connectivity index (χ0v) is 22.3. The minimum Gasteiger partial charge on any atom is -0.354 e. The molecule has 3 aromatic rings. The number of benzene rings is 3. The van der Waals surface area contributed by atoms with E-state index in [9.17, 15) is 9.59 Å². The number of hydrogen-bond acceptors (Lipinski definition) is 2. The van der Waals surface area contributed by atoms with Crippen LogP contribution in [-0.2, 0) is 29.0 Å². The molecule has 0 radical (unpaired) electrons. The van der Waals surface area contributed by atoms with E-state index in [1.54, 1.807) is 41.3 Å². The first-order chi connectivity index (χ1) is 16.8. The van der Waals surface area contributed by atoms with Crippen molar-refractivity contribution in [2.24, 2.45) is 0 Å². The lowest BCUT2D eigenvalue weighted by atomic mass is 10.0. The molecule has 0 fully saturated rings. The van der Waals surface area contributed by atoms with Crippen LogP contribution in [0.3, 0.4) is 0 Å². The molecule has 4 nitrogen and oxygen atoms in total. The maximum absolute atomic E-state index is 13.7. The topological polar surface area (TPSA) is 49.4 Å². The second-order valence-electron chi connectivity index (χ2n) is 8.18. The largest absolute Gasteiger partial charge is 0.354 e. The van der Waals surface area contributed by atoms with E-state index >= 15 is 0 Å². The van der Waals surface area contributed by atoms with Gasteiger partial charge in [-0.15, -0.1) is 0 Å². The van der Waals surface area contributed by atoms with Gasteiger partial charge in [0.05, 0.1) is 16.5 Å². The summed E-state index contributed by atoms with van der Waals surface area (Å²) < 4.78 is 0. The van der Waals surface area contributed by atoms with Crippen LogP contribution in [0.15, 0.2) is 66.7 Å². The van der Waals surface area contributed by atoms with E-state index in [4.69, 9.17) is 46.4 Å². The van der Waals surface area contributed by atoms with Crippen molar-refractivity contribution in [3.05, 3.63) is 104 Å². The molecular weight excluding hydrogens is 526 g/mol. The molecule has 35 heavy (non-hydrogen) atoms. The Bertz CT molecular complexity index is 1170. The Hall–Kier alpha value is -2.24. The Morgan fingerprint density at radius 1 is 0.857 bits per heavy atom. The average molecular weight is 552 g/mol. The normalized spacial score (nSPS) is 11.7. The molecular formula is C27H26Cl4N2O2. The Morgan fingerprint density at radius 2 is 1.60 bits per heavy atom. The summed E-state index contributed by atoms with van der Waals surface area (Å²) >= 11 is 24.7. The van der Waals surface area contributed by atoms with Crippen molar-refractivity contribution in [1.29, 1.82) is 0 Å². The molecule has 0 aliphatic heterocycles. The highest BCUT2D eigenvalue weighted by atomic mass is 35.5. The van der Waals surface area contributed by atoms with E-state index in [-0.39, 0.29) is 24.8 Å². The van der Waals surface area contributed by atoms with Gasteiger partial charge in [0, 0.05) is 29.6 Å². The molecule has 3 rings (SSSR count). The molecule has 0 saturated heterocycles. The number of nitrogens with zero attached hydrogens (tertiary/aromatic N) is 1. The SMILES string of the molecule is CCCNC(=O)[C@@H](Cc1ccccc1)N(Cc1ccc(Cl)cc1Cl)C(=O)Cc1ccc(Cl)c(Cl)c1. The number of carbonyl (C=O) groups is 2. The van der Waals surface area contributed by atoms with Gasteiger partial charge < -0.3 is 10.2 Å². The van der Waals surface area contributed by atoms with Crippen molar-refractivity contribution in [1.82, 2.24) is 10.2 Å². The smallest absolute Gasteiger partial charge is 0.243 e. The van der Waals surface area contributed by atoms with Crippen LogP contribution in [0, 0.1) is 0 Å². The number of amides is 2. The number of carbonyl (C=O) groups excluding carboxylic acids is 2. The maximum atomic E-state index is 13.7. The van der Waals surface area contributed by atoms with Gasteiger partial charge in [-0.3, -0.25) is 9.59 Å². The quantitative estimate of drug-likeness (QED) is 0.294. The van der Waals surface area contributed by atoms with Crippen LogP contribution in [0.5, 0.6) is 0 Å². The van der Waals surface area contributed by atoms with E-state index in [1.807, 2.05) is 37.3 Å². The summed E-state index contributed by atoms with van der Waals surface area (Å²) in [5.41, 5.74) is 2.34. The third-order valence-corrected chi connectivity index (χ3v) is 6.84. The van der Waals surface area contributed by atoms with Crippen LogP contribution in [0.2, 0.25) is 20.1 Å². The highest BCUT2D eigenvalue weighted by Gasteiger charge is 2.30. The van der Waals surface area contributed by atoms with E-state index in [0.717, 1.165) is 12.0 Å². The zero-order chi connectivity index (χ0) is 25.4. The predicted molar refractivity (Wildman–Crippen MR) is 144 cm³/mol.